The van der Waals surface area contributed by atoms with Gasteiger partial charge in [0.05, 0.1) is 6.54 Å². The molecule has 1 N–H and O–H groups in total. The molecule has 2 rings (SSSR count). The Hall–Kier alpha value is -1.69. The Balaban J connectivity index is 2.20. The van der Waals surface area contributed by atoms with Crippen molar-refractivity contribution in [3.63, 3.8) is 0 Å². The molecule has 0 aliphatic carbocycles. The summed E-state index contributed by atoms with van der Waals surface area (Å²) in [6.45, 7) is 0.387. The average Bonchev–Trinajstić information content (AvgIpc) is 2.80. The SMILES string of the molecule is O/N=C(/Cn1cncn1)c1ccc(Br)cc1. The van der Waals surface area contributed by atoms with Crippen molar-refractivity contribution >= 4 is 21.6 Å². The summed E-state index contributed by atoms with van der Waals surface area (Å²) >= 11 is 3.35. The van der Waals surface area contributed by atoms with Crippen LogP contribution in [-0.2, 0) is 6.54 Å². The summed E-state index contributed by atoms with van der Waals surface area (Å²) in [6.07, 6.45) is 3.01. The van der Waals surface area contributed by atoms with E-state index in [1.165, 1.54) is 6.33 Å². The molecule has 1 heterocycles. The zero-order valence-electron chi connectivity index (χ0n) is 8.29. The van der Waals surface area contributed by atoms with Crippen LogP contribution in [0.5, 0.6) is 0 Å². The molecule has 82 valence electrons. The summed E-state index contributed by atoms with van der Waals surface area (Å²) in [5.74, 6) is 0. The van der Waals surface area contributed by atoms with Crippen LogP contribution in [0.3, 0.4) is 0 Å². The summed E-state index contributed by atoms with van der Waals surface area (Å²) in [4.78, 5) is 3.83. The van der Waals surface area contributed by atoms with Crippen LogP contribution in [-0.4, -0.2) is 25.7 Å². The van der Waals surface area contributed by atoms with Gasteiger partial charge in [0.2, 0.25) is 0 Å². The first-order chi connectivity index (χ1) is 7.79. The number of nitrogens with zero attached hydrogens (tertiary/aromatic N) is 4. The monoisotopic (exact) mass is 280 g/mol. The van der Waals surface area contributed by atoms with Crippen molar-refractivity contribution in [2.24, 2.45) is 5.16 Å². The number of rotatable bonds is 3. The highest BCUT2D eigenvalue weighted by molar-refractivity contribution is 9.10. The van der Waals surface area contributed by atoms with E-state index in [-0.39, 0.29) is 0 Å². The smallest absolute Gasteiger partial charge is 0.137 e. The third kappa shape index (κ3) is 2.46. The molecule has 1 aromatic heterocycles. The number of benzene rings is 1. The Morgan fingerprint density at radius 3 is 2.69 bits per heavy atom. The minimum absolute atomic E-state index is 0.387. The molecule has 5 nitrogen and oxygen atoms in total. The summed E-state index contributed by atoms with van der Waals surface area (Å²) in [6, 6.07) is 7.52. The van der Waals surface area contributed by atoms with Gasteiger partial charge in [-0.15, -0.1) is 0 Å². The lowest BCUT2D eigenvalue weighted by atomic mass is 10.1. The first-order valence-electron chi connectivity index (χ1n) is 4.59. The highest BCUT2D eigenvalue weighted by atomic mass is 79.9. The van der Waals surface area contributed by atoms with Gasteiger partial charge < -0.3 is 5.21 Å². The second kappa shape index (κ2) is 4.89. The van der Waals surface area contributed by atoms with E-state index in [1.807, 2.05) is 24.3 Å². The fourth-order valence-corrected chi connectivity index (χ4v) is 1.56. The second-order valence-electron chi connectivity index (χ2n) is 3.15. The lowest BCUT2D eigenvalue weighted by Gasteiger charge is -2.04. The van der Waals surface area contributed by atoms with E-state index >= 15 is 0 Å². The molecule has 2 aromatic rings. The Morgan fingerprint density at radius 2 is 2.12 bits per heavy atom. The molecule has 0 amide bonds. The van der Waals surface area contributed by atoms with Gasteiger partial charge in [-0.1, -0.05) is 33.2 Å². The van der Waals surface area contributed by atoms with Gasteiger partial charge in [-0.2, -0.15) is 5.10 Å². The lowest BCUT2D eigenvalue weighted by molar-refractivity contribution is 0.317. The van der Waals surface area contributed by atoms with Gasteiger partial charge in [0.25, 0.3) is 0 Å². The number of hydrogen-bond donors (Lipinski definition) is 1. The molecule has 0 aliphatic rings. The fourth-order valence-electron chi connectivity index (χ4n) is 1.29. The molecule has 0 radical (unpaired) electrons. The van der Waals surface area contributed by atoms with Crippen molar-refractivity contribution in [1.82, 2.24) is 14.8 Å². The molecular formula is C10H9BrN4O. The van der Waals surface area contributed by atoms with Crippen LogP contribution in [0.2, 0.25) is 0 Å². The van der Waals surface area contributed by atoms with Crippen molar-refractivity contribution in [2.75, 3.05) is 0 Å². The fraction of sp³-hybridized carbons (Fsp3) is 0.100. The Kier molecular flexibility index (Phi) is 3.31. The van der Waals surface area contributed by atoms with Gasteiger partial charge in [-0.05, 0) is 12.1 Å². The maximum atomic E-state index is 8.96. The Morgan fingerprint density at radius 1 is 1.38 bits per heavy atom. The molecule has 0 spiro atoms. The molecule has 6 heteroatoms. The van der Waals surface area contributed by atoms with Gasteiger partial charge in [0.15, 0.2) is 0 Å². The van der Waals surface area contributed by atoms with Crippen molar-refractivity contribution in [2.45, 2.75) is 6.54 Å². The van der Waals surface area contributed by atoms with Crippen molar-refractivity contribution in [3.8, 4) is 0 Å². The summed E-state index contributed by atoms with van der Waals surface area (Å²) in [5, 5.41) is 16.2. The molecule has 0 unspecified atom stereocenters. The maximum absolute atomic E-state index is 8.96. The standard InChI is InChI=1S/C10H9BrN4O/c11-9-3-1-8(2-4-9)10(14-16)5-15-7-12-6-13-15/h1-4,6-7,16H,5H2/b14-10-. The first kappa shape index (κ1) is 10.8. The molecule has 0 fully saturated rings. The minimum Gasteiger partial charge on any atom is -0.411 e. The van der Waals surface area contributed by atoms with Crippen LogP contribution < -0.4 is 0 Å². The third-order valence-corrected chi connectivity index (χ3v) is 2.61. The summed E-state index contributed by atoms with van der Waals surface area (Å²) < 4.78 is 2.58. The predicted octanol–water partition coefficient (Wildman–Crippen LogP) is 1.92. The van der Waals surface area contributed by atoms with E-state index < -0.39 is 0 Å². The van der Waals surface area contributed by atoms with E-state index in [0.717, 1.165) is 10.0 Å². The van der Waals surface area contributed by atoms with Gasteiger partial charge in [-0.3, -0.25) is 0 Å². The van der Waals surface area contributed by atoms with Crippen LogP contribution in [0, 0.1) is 0 Å². The van der Waals surface area contributed by atoms with E-state index in [2.05, 4.69) is 31.2 Å². The quantitative estimate of drug-likeness (QED) is 0.531. The van der Waals surface area contributed by atoms with Crippen LogP contribution in [0.25, 0.3) is 0 Å². The zero-order valence-corrected chi connectivity index (χ0v) is 9.87. The van der Waals surface area contributed by atoms with Crippen molar-refractivity contribution in [1.29, 1.82) is 0 Å². The van der Waals surface area contributed by atoms with Crippen molar-refractivity contribution in [3.05, 3.63) is 47.0 Å². The van der Waals surface area contributed by atoms with Crippen molar-refractivity contribution < 1.29 is 5.21 Å². The molecule has 0 bridgehead atoms. The van der Waals surface area contributed by atoms with Crippen LogP contribution >= 0.6 is 15.9 Å². The number of hydrogen-bond acceptors (Lipinski definition) is 4. The minimum atomic E-state index is 0.387. The molecule has 0 saturated carbocycles. The van der Waals surface area contributed by atoms with E-state index in [1.54, 1.807) is 11.0 Å². The van der Waals surface area contributed by atoms with Gasteiger partial charge >= 0.3 is 0 Å². The largest absolute Gasteiger partial charge is 0.411 e. The molecule has 0 saturated heterocycles. The number of halogens is 1. The normalized spacial score (nSPS) is 11.7. The maximum Gasteiger partial charge on any atom is 0.137 e. The molecule has 16 heavy (non-hydrogen) atoms. The van der Waals surface area contributed by atoms with Crippen LogP contribution in [0.1, 0.15) is 5.56 Å². The number of oxime groups is 1. The summed E-state index contributed by atoms with van der Waals surface area (Å²) in [7, 11) is 0. The van der Waals surface area contributed by atoms with E-state index in [9.17, 15) is 0 Å². The predicted molar refractivity (Wildman–Crippen MR) is 62.5 cm³/mol. The molecule has 0 atom stereocenters. The average molecular weight is 281 g/mol. The highest BCUT2D eigenvalue weighted by Crippen LogP contribution is 2.11. The highest BCUT2D eigenvalue weighted by Gasteiger charge is 2.05. The first-order valence-corrected chi connectivity index (χ1v) is 5.38. The van der Waals surface area contributed by atoms with E-state index in [0.29, 0.717) is 12.3 Å². The third-order valence-electron chi connectivity index (χ3n) is 2.08. The summed E-state index contributed by atoms with van der Waals surface area (Å²) in [5.41, 5.74) is 1.39. The molecular weight excluding hydrogens is 272 g/mol. The van der Waals surface area contributed by atoms with Gasteiger partial charge in [0, 0.05) is 10.0 Å². The molecule has 1 aromatic carbocycles. The Labute approximate surface area is 101 Å². The van der Waals surface area contributed by atoms with Crippen LogP contribution in [0.4, 0.5) is 0 Å². The van der Waals surface area contributed by atoms with E-state index in [4.69, 9.17) is 5.21 Å². The van der Waals surface area contributed by atoms with Gasteiger partial charge in [0.1, 0.15) is 18.4 Å². The van der Waals surface area contributed by atoms with Gasteiger partial charge in [-0.25, -0.2) is 9.67 Å². The zero-order chi connectivity index (χ0) is 11.4. The lowest BCUT2D eigenvalue weighted by Crippen LogP contribution is -2.12. The topological polar surface area (TPSA) is 63.3 Å². The molecule has 0 aliphatic heterocycles. The van der Waals surface area contributed by atoms with Crippen LogP contribution in [0.15, 0.2) is 46.5 Å². The Bertz CT molecular complexity index is 478. The number of aromatic nitrogens is 3. The second-order valence-corrected chi connectivity index (χ2v) is 4.06.